The highest BCUT2D eigenvalue weighted by Gasteiger charge is 2.22. The Balaban J connectivity index is 1.99. The van der Waals surface area contributed by atoms with Crippen molar-refractivity contribution in [1.82, 2.24) is 14.9 Å². The van der Waals surface area contributed by atoms with Crippen LogP contribution < -0.4 is 10.6 Å². The van der Waals surface area contributed by atoms with E-state index in [2.05, 4.69) is 32.1 Å². The third-order valence-corrected chi connectivity index (χ3v) is 3.24. The van der Waals surface area contributed by atoms with E-state index in [4.69, 9.17) is 4.74 Å². The number of aromatic nitrogens is 2. The monoisotopic (exact) mass is 308 g/mol. The Bertz CT molecular complexity index is 518. The Morgan fingerprint density at radius 3 is 2.68 bits per heavy atom. The molecular weight excluding hydrogens is 288 g/mol. The minimum Gasteiger partial charge on any atom is -0.379 e. The second-order valence-corrected chi connectivity index (χ2v) is 4.73. The van der Waals surface area contributed by atoms with Crippen LogP contribution in [0.1, 0.15) is 0 Å². The lowest BCUT2D eigenvalue weighted by Gasteiger charge is -2.26. The van der Waals surface area contributed by atoms with Gasteiger partial charge in [-0.05, 0) is 0 Å². The molecule has 0 aliphatic carbocycles. The van der Waals surface area contributed by atoms with Gasteiger partial charge in [-0.25, -0.2) is 9.97 Å². The topological polar surface area (TPSA) is 105 Å². The first-order valence-corrected chi connectivity index (χ1v) is 7.10. The van der Waals surface area contributed by atoms with Gasteiger partial charge in [0.05, 0.1) is 18.1 Å². The SMILES string of the molecule is C=CCNc1ncnc(NCCN2CCOCC2)c1[N+](=O)[O-]. The Kier molecular flexibility index (Phi) is 6.04. The molecule has 2 heterocycles. The predicted molar refractivity (Wildman–Crippen MR) is 83.1 cm³/mol. The predicted octanol–water partition coefficient (Wildman–Crippen LogP) is 0.727. The zero-order valence-corrected chi connectivity index (χ0v) is 12.3. The third kappa shape index (κ3) is 4.37. The van der Waals surface area contributed by atoms with Crippen LogP contribution in [0, 0.1) is 10.1 Å². The maximum Gasteiger partial charge on any atom is 0.353 e. The molecule has 1 aromatic heterocycles. The van der Waals surface area contributed by atoms with E-state index in [1.54, 1.807) is 6.08 Å². The fraction of sp³-hybridized carbons (Fsp3) is 0.538. The summed E-state index contributed by atoms with van der Waals surface area (Å²) in [5.74, 6) is 0.411. The molecule has 120 valence electrons. The molecule has 1 fully saturated rings. The lowest BCUT2D eigenvalue weighted by Crippen LogP contribution is -2.39. The van der Waals surface area contributed by atoms with Gasteiger partial charge in [0, 0.05) is 32.7 Å². The molecule has 1 aliphatic heterocycles. The Hall–Kier alpha value is -2.26. The molecule has 0 bridgehead atoms. The molecule has 0 saturated carbocycles. The van der Waals surface area contributed by atoms with Crippen molar-refractivity contribution < 1.29 is 9.66 Å². The minimum absolute atomic E-state index is 0.147. The van der Waals surface area contributed by atoms with Gasteiger partial charge in [0.2, 0.25) is 11.6 Å². The van der Waals surface area contributed by atoms with Crippen molar-refractivity contribution in [2.24, 2.45) is 0 Å². The summed E-state index contributed by atoms with van der Waals surface area (Å²) in [7, 11) is 0. The molecular formula is C13H20N6O3. The van der Waals surface area contributed by atoms with Crippen molar-refractivity contribution >= 4 is 17.3 Å². The van der Waals surface area contributed by atoms with Crippen LogP contribution in [0.2, 0.25) is 0 Å². The fourth-order valence-electron chi connectivity index (χ4n) is 2.14. The van der Waals surface area contributed by atoms with Crippen LogP contribution in [-0.2, 0) is 4.74 Å². The van der Waals surface area contributed by atoms with E-state index >= 15 is 0 Å². The molecule has 9 nitrogen and oxygen atoms in total. The average Bonchev–Trinajstić information content (AvgIpc) is 2.53. The van der Waals surface area contributed by atoms with Gasteiger partial charge in [0.25, 0.3) is 0 Å². The number of nitrogens with zero attached hydrogens (tertiary/aromatic N) is 4. The van der Waals surface area contributed by atoms with Crippen LogP contribution >= 0.6 is 0 Å². The molecule has 9 heteroatoms. The summed E-state index contributed by atoms with van der Waals surface area (Å²) in [6.45, 7) is 8.51. The van der Waals surface area contributed by atoms with Crippen molar-refractivity contribution in [2.75, 3.05) is 56.6 Å². The standard InChI is InChI=1S/C13H20N6O3/c1-2-3-14-12-11(19(20)21)13(17-10-16-12)15-4-5-18-6-8-22-9-7-18/h2,10H,1,3-9H2,(H2,14,15,16,17). The minimum atomic E-state index is -0.484. The molecule has 22 heavy (non-hydrogen) atoms. The van der Waals surface area contributed by atoms with Crippen molar-refractivity contribution in [1.29, 1.82) is 0 Å². The first kappa shape index (κ1) is 16.1. The summed E-state index contributed by atoms with van der Waals surface area (Å²) in [5, 5.41) is 17.1. The van der Waals surface area contributed by atoms with Gasteiger partial charge in [-0.3, -0.25) is 15.0 Å². The van der Waals surface area contributed by atoms with E-state index in [-0.39, 0.29) is 17.3 Å². The molecule has 0 radical (unpaired) electrons. The highest BCUT2D eigenvalue weighted by molar-refractivity contribution is 5.69. The summed E-state index contributed by atoms with van der Waals surface area (Å²) < 4.78 is 5.28. The quantitative estimate of drug-likeness (QED) is 0.411. The molecule has 1 saturated heterocycles. The maximum absolute atomic E-state index is 11.3. The van der Waals surface area contributed by atoms with Gasteiger partial charge < -0.3 is 15.4 Å². The number of hydrogen-bond acceptors (Lipinski definition) is 8. The van der Waals surface area contributed by atoms with Gasteiger partial charge in [-0.1, -0.05) is 6.08 Å². The number of nitrogens with one attached hydrogen (secondary N) is 2. The van der Waals surface area contributed by atoms with Crippen LogP contribution in [0.15, 0.2) is 19.0 Å². The van der Waals surface area contributed by atoms with E-state index in [1.165, 1.54) is 6.33 Å². The Morgan fingerprint density at radius 1 is 1.36 bits per heavy atom. The normalized spacial score (nSPS) is 15.3. The molecule has 1 aliphatic rings. The van der Waals surface area contributed by atoms with Gasteiger partial charge in [0.1, 0.15) is 6.33 Å². The zero-order valence-electron chi connectivity index (χ0n) is 12.3. The number of morpholine rings is 1. The van der Waals surface area contributed by atoms with E-state index < -0.39 is 4.92 Å². The summed E-state index contributed by atoms with van der Waals surface area (Å²) in [5.41, 5.74) is -0.147. The van der Waals surface area contributed by atoms with E-state index in [0.717, 1.165) is 32.8 Å². The van der Waals surface area contributed by atoms with E-state index in [9.17, 15) is 10.1 Å². The average molecular weight is 308 g/mol. The van der Waals surface area contributed by atoms with Crippen molar-refractivity contribution in [2.45, 2.75) is 0 Å². The lowest BCUT2D eigenvalue weighted by molar-refractivity contribution is -0.383. The molecule has 0 atom stereocenters. The van der Waals surface area contributed by atoms with Gasteiger partial charge >= 0.3 is 5.69 Å². The molecule has 2 N–H and O–H groups in total. The molecule has 0 aromatic carbocycles. The second kappa shape index (κ2) is 8.25. The van der Waals surface area contributed by atoms with Crippen LogP contribution in [0.4, 0.5) is 17.3 Å². The number of nitro groups is 1. The first-order valence-electron chi connectivity index (χ1n) is 7.10. The van der Waals surface area contributed by atoms with Crippen LogP contribution in [0.3, 0.4) is 0 Å². The zero-order chi connectivity index (χ0) is 15.8. The highest BCUT2D eigenvalue weighted by Crippen LogP contribution is 2.28. The van der Waals surface area contributed by atoms with Crippen molar-refractivity contribution in [3.63, 3.8) is 0 Å². The van der Waals surface area contributed by atoms with Gasteiger partial charge in [-0.15, -0.1) is 6.58 Å². The summed E-state index contributed by atoms with van der Waals surface area (Å²) in [4.78, 5) is 20.9. The van der Waals surface area contributed by atoms with E-state index in [0.29, 0.717) is 13.1 Å². The molecule has 2 rings (SSSR count). The second-order valence-electron chi connectivity index (χ2n) is 4.73. The Labute approximate surface area is 128 Å². The fourth-order valence-corrected chi connectivity index (χ4v) is 2.14. The summed E-state index contributed by atoms with van der Waals surface area (Å²) >= 11 is 0. The highest BCUT2D eigenvalue weighted by atomic mass is 16.6. The molecule has 1 aromatic rings. The molecule has 0 unspecified atom stereocenters. The smallest absolute Gasteiger partial charge is 0.353 e. The summed E-state index contributed by atoms with van der Waals surface area (Å²) in [6.07, 6.45) is 2.91. The van der Waals surface area contributed by atoms with Crippen LogP contribution in [0.25, 0.3) is 0 Å². The van der Waals surface area contributed by atoms with Gasteiger partial charge in [-0.2, -0.15) is 0 Å². The van der Waals surface area contributed by atoms with Crippen LogP contribution in [0.5, 0.6) is 0 Å². The number of hydrogen-bond donors (Lipinski definition) is 2. The van der Waals surface area contributed by atoms with Crippen molar-refractivity contribution in [3.8, 4) is 0 Å². The van der Waals surface area contributed by atoms with Crippen LogP contribution in [-0.4, -0.2) is 65.7 Å². The van der Waals surface area contributed by atoms with Crippen molar-refractivity contribution in [3.05, 3.63) is 29.1 Å². The van der Waals surface area contributed by atoms with E-state index in [1.807, 2.05) is 0 Å². The van der Waals surface area contributed by atoms with Gasteiger partial charge in [0.15, 0.2) is 0 Å². The summed E-state index contributed by atoms with van der Waals surface area (Å²) in [6, 6.07) is 0. The Morgan fingerprint density at radius 2 is 2.05 bits per heavy atom. The maximum atomic E-state index is 11.3. The lowest BCUT2D eigenvalue weighted by atomic mass is 10.4. The largest absolute Gasteiger partial charge is 0.379 e. The first-order chi connectivity index (χ1) is 10.7. The number of anilines is 2. The number of rotatable bonds is 8. The number of ether oxygens (including phenoxy) is 1. The third-order valence-electron chi connectivity index (χ3n) is 3.24. The molecule has 0 spiro atoms. The molecule has 0 amide bonds.